The summed E-state index contributed by atoms with van der Waals surface area (Å²) in [6.07, 6.45) is 3.78. The lowest BCUT2D eigenvalue weighted by molar-refractivity contribution is 0.966. The molecular weight excluding hydrogens is 330 g/mol. The molecule has 0 bridgehead atoms. The minimum Gasteiger partial charge on any atom is -0.318 e. The lowest BCUT2D eigenvalue weighted by atomic mass is 10.0. The van der Waals surface area contributed by atoms with Crippen molar-refractivity contribution in [1.82, 2.24) is 9.55 Å². The summed E-state index contributed by atoms with van der Waals surface area (Å²) in [7, 11) is 0. The molecule has 0 unspecified atom stereocenters. The predicted octanol–water partition coefficient (Wildman–Crippen LogP) is 5.71. The summed E-state index contributed by atoms with van der Waals surface area (Å²) in [6, 6.07) is 24.6. The van der Waals surface area contributed by atoms with E-state index in [1.807, 2.05) is 54.7 Å². The number of pyridine rings is 1. The quantitative estimate of drug-likeness (QED) is 0.445. The van der Waals surface area contributed by atoms with E-state index in [1.165, 1.54) is 0 Å². The van der Waals surface area contributed by atoms with Crippen LogP contribution in [0, 0.1) is 25.2 Å². The summed E-state index contributed by atoms with van der Waals surface area (Å²) < 4.78 is 2.22. The van der Waals surface area contributed by atoms with Gasteiger partial charge in [-0.2, -0.15) is 5.26 Å². The molecule has 0 aliphatic rings. The molecule has 27 heavy (non-hydrogen) atoms. The Labute approximate surface area is 158 Å². The van der Waals surface area contributed by atoms with Crippen LogP contribution in [0.15, 0.2) is 72.9 Å². The lowest BCUT2D eigenvalue weighted by Gasteiger charge is -2.10. The van der Waals surface area contributed by atoms with Gasteiger partial charge in [-0.15, -0.1) is 0 Å². The summed E-state index contributed by atoms with van der Waals surface area (Å²) in [6.45, 7) is 4.18. The predicted molar refractivity (Wildman–Crippen MR) is 110 cm³/mol. The number of aryl methyl sites for hydroxylation is 1. The third-order valence-corrected chi connectivity index (χ3v) is 4.82. The molecule has 2 heterocycles. The standard InChI is InChI=1S/C24H19N3/c1-17-13-21(14-22(16-25)19-7-4-3-5-8-19)18(2)27(17)23-10-11-24-20(15-23)9-6-12-26-24/h3-15H,1-2H3/b22-14+. The van der Waals surface area contributed by atoms with E-state index in [4.69, 9.17) is 0 Å². The first-order chi connectivity index (χ1) is 13.2. The van der Waals surface area contributed by atoms with Crippen molar-refractivity contribution >= 4 is 22.6 Å². The number of fused-ring (bicyclic) bond motifs is 1. The van der Waals surface area contributed by atoms with Crippen LogP contribution in [0.25, 0.3) is 28.2 Å². The van der Waals surface area contributed by atoms with E-state index in [9.17, 15) is 5.26 Å². The lowest BCUT2D eigenvalue weighted by Crippen LogP contribution is -1.99. The second kappa shape index (κ2) is 6.93. The molecule has 0 aliphatic carbocycles. The van der Waals surface area contributed by atoms with Gasteiger partial charge in [-0.1, -0.05) is 36.4 Å². The van der Waals surface area contributed by atoms with Gasteiger partial charge in [-0.05, 0) is 61.4 Å². The highest BCUT2D eigenvalue weighted by molar-refractivity contribution is 5.90. The minimum absolute atomic E-state index is 0.665. The maximum Gasteiger partial charge on any atom is 0.0998 e. The normalized spacial score (nSPS) is 11.5. The van der Waals surface area contributed by atoms with E-state index in [-0.39, 0.29) is 0 Å². The number of hydrogen-bond donors (Lipinski definition) is 0. The van der Waals surface area contributed by atoms with Gasteiger partial charge >= 0.3 is 0 Å². The fourth-order valence-electron chi connectivity index (χ4n) is 3.49. The number of nitrogens with zero attached hydrogens (tertiary/aromatic N) is 3. The summed E-state index contributed by atoms with van der Waals surface area (Å²) in [5, 5.41) is 10.7. The number of benzene rings is 2. The Morgan fingerprint density at radius 3 is 2.59 bits per heavy atom. The van der Waals surface area contributed by atoms with Crippen molar-refractivity contribution in [3.63, 3.8) is 0 Å². The Bertz CT molecular complexity index is 1190. The zero-order chi connectivity index (χ0) is 18.8. The third-order valence-electron chi connectivity index (χ3n) is 4.82. The highest BCUT2D eigenvalue weighted by atomic mass is 15.0. The molecule has 0 N–H and O–H groups in total. The fraction of sp³-hybridized carbons (Fsp3) is 0.0833. The largest absolute Gasteiger partial charge is 0.318 e. The molecule has 0 saturated heterocycles. The number of allylic oxidation sites excluding steroid dienone is 1. The number of hydrogen-bond acceptors (Lipinski definition) is 2. The van der Waals surface area contributed by atoms with Gasteiger partial charge in [-0.3, -0.25) is 4.98 Å². The van der Waals surface area contributed by atoms with Gasteiger partial charge < -0.3 is 4.57 Å². The first-order valence-electron chi connectivity index (χ1n) is 8.88. The van der Waals surface area contributed by atoms with Gasteiger partial charge in [0.15, 0.2) is 0 Å². The zero-order valence-corrected chi connectivity index (χ0v) is 15.3. The van der Waals surface area contributed by atoms with Crippen LogP contribution < -0.4 is 0 Å². The Kier molecular flexibility index (Phi) is 4.32. The van der Waals surface area contributed by atoms with Gasteiger partial charge in [0.05, 0.1) is 17.2 Å². The molecule has 0 amide bonds. The molecule has 0 atom stereocenters. The van der Waals surface area contributed by atoms with Crippen molar-refractivity contribution < 1.29 is 0 Å². The summed E-state index contributed by atoms with van der Waals surface area (Å²) >= 11 is 0. The topological polar surface area (TPSA) is 41.6 Å². The molecule has 130 valence electrons. The third kappa shape index (κ3) is 3.14. The second-order valence-corrected chi connectivity index (χ2v) is 6.58. The highest BCUT2D eigenvalue weighted by Crippen LogP contribution is 2.26. The zero-order valence-electron chi connectivity index (χ0n) is 15.3. The number of aromatic nitrogens is 2. The van der Waals surface area contributed by atoms with Crippen LogP contribution in [0.1, 0.15) is 22.5 Å². The first-order valence-corrected chi connectivity index (χ1v) is 8.88. The Balaban J connectivity index is 1.82. The number of nitriles is 1. The number of rotatable bonds is 3. The maximum absolute atomic E-state index is 9.61. The van der Waals surface area contributed by atoms with Crippen molar-refractivity contribution in [1.29, 1.82) is 5.26 Å². The minimum atomic E-state index is 0.665. The van der Waals surface area contributed by atoms with Gasteiger partial charge in [-0.25, -0.2) is 0 Å². The van der Waals surface area contributed by atoms with Crippen LogP contribution in [-0.2, 0) is 0 Å². The summed E-state index contributed by atoms with van der Waals surface area (Å²) in [5.41, 5.74) is 6.98. The molecule has 0 fully saturated rings. The van der Waals surface area contributed by atoms with E-state index in [2.05, 4.69) is 53.7 Å². The van der Waals surface area contributed by atoms with Gasteiger partial charge in [0.2, 0.25) is 0 Å². The van der Waals surface area contributed by atoms with E-state index in [1.54, 1.807) is 0 Å². The van der Waals surface area contributed by atoms with Crippen molar-refractivity contribution in [2.75, 3.05) is 0 Å². The van der Waals surface area contributed by atoms with Crippen LogP contribution >= 0.6 is 0 Å². The van der Waals surface area contributed by atoms with E-state index >= 15 is 0 Å². The molecule has 0 saturated carbocycles. The molecule has 0 spiro atoms. The smallest absolute Gasteiger partial charge is 0.0998 e. The van der Waals surface area contributed by atoms with E-state index in [0.29, 0.717) is 5.57 Å². The SMILES string of the molecule is Cc1cc(/C=C(\C#N)c2ccccc2)c(C)n1-c1ccc2ncccc2c1. The summed E-state index contributed by atoms with van der Waals surface area (Å²) in [4.78, 5) is 4.40. The monoisotopic (exact) mass is 349 g/mol. The molecule has 0 aliphatic heterocycles. The Hall–Kier alpha value is -3.64. The van der Waals surface area contributed by atoms with Crippen LogP contribution in [0.2, 0.25) is 0 Å². The molecule has 2 aromatic heterocycles. The molecule has 4 rings (SSSR count). The van der Waals surface area contributed by atoms with Crippen molar-refractivity contribution in [3.8, 4) is 11.8 Å². The summed E-state index contributed by atoms with van der Waals surface area (Å²) in [5.74, 6) is 0. The van der Waals surface area contributed by atoms with Gasteiger partial charge in [0.1, 0.15) is 0 Å². The Morgan fingerprint density at radius 1 is 1.00 bits per heavy atom. The van der Waals surface area contributed by atoms with Crippen LogP contribution in [0.4, 0.5) is 0 Å². The second-order valence-electron chi connectivity index (χ2n) is 6.58. The molecule has 3 heteroatoms. The Morgan fingerprint density at radius 2 is 1.81 bits per heavy atom. The average Bonchev–Trinajstić information content (AvgIpc) is 2.99. The molecule has 4 aromatic rings. The fourth-order valence-corrected chi connectivity index (χ4v) is 3.49. The molecule has 0 radical (unpaired) electrons. The van der Waals surface area contributed by atoms with Crippen molar-refractivity contribution in [2.45, 2.75) is 13.8 Å². The first kappa shape index (κ1) is 16.8. The van der Waals surface area contributed by atoms with Crippen molar-refractivity contribution in [3.05, 3.63) is 95.4 Å². The van der Waals surface area contributed by atoms with Crippen LogP contribution in [0.3, 0.4) is 0 Å². The maximum atomic E-state index is 9.61. The van der Waals surface area contributed by atoms with Gasteiger partial charge in [0, 0.05) is 28.7 Å². The van der Waals surface area contributed by atoms with E-state index in [0.717, 1.165) is 39.1 Å². The van der Waals surface area contributed by atoms with Crippen molar-refractivity contribution in [2.24, 2.45) is 0 Å². The van der Waals surface area contributed by atoms with Gasteiger partial charge in [0.25, 0.3) is 0 Å². The van der Waals surface area contributed by atoms with Crippen LogP contribution in [0.5, 0.6) is 0 Å². The average molecular weight is 349 g/mol. The highest BCUT2D eigenvalue weighted by Gasteiger charge is 2.11. The van der Waals surface area contributed by atoms with E-state index < -0.39 is 0 Å². The van der Waals surface area contributed by atoms with Crippen LogP contribution in [-0.4, -0.2) is 9.55 Å². The molecule has 3 nitrogen and oxygen atoms in total. The molecule has 2 aromatic carbocycles. The molecular formula is C24H19N3.